The molecule has 0 radical (unpaired) electrons. The molecule has 7 heteroatoms. The zero-order chi connectivity index (χ0) is 24.8. The van der Waals surface area contributed by atoms with E-state index in [1.165, 1.54) is 0 Å². The molecule has 0 aliphatic heterocycles. The fourth-order valence-corrected chi connectivity index (χ4v) is 4.25. The van der Waals surface area contributed by atoms with E-state index in [2.05, 4.69) is 22.5 Å². The highest BCUT2D eigenvalue weighted by Gasteiger charge is 2.33. The molecule has 0 bridgehead atoms. The number of carbonyl (C=O) groups is 2. The first-order valence-corrected chi connectivity index (χ1v) is 11.8. The van der Waals surface area contributed by atoms with Crippen LogP contribution >= 0.6 is 11.6 Å². The first-order valence-electron chi connectivity index (χ1n) is 11.4. The zero-order valence-corrected chi connectivity index (χ0v) is 19.8. The van der Waals surface area contributed by atoms with Crippen molar-refractivity contribution in [1.82, 2.24) is 5.32 Å². The average Bonchev–Trinajstić information content (AvgIpc) is 2.84. The average molecular weight is 488 g/mol. The van der Waals surface area contributed by atoms with Crippen LogP contribution in [0.25, 0.3) is 0 Å². The Morgan fingerprint density at radius 3 is 2.40 bits per heavy atom. The monoisotopic (exact) mass is 487 g/mol. The molecule has 6 nitrogen and oxygen atoms in total. The van der Waals surface area contributed by atoms with Crippen molar-refractivity contribution in [3.63, 3.8) is 0 Å². The second-order valence-corrected chi connectivity index (χ2v) is 9.15. The van der Waals surface area contributed by atoms with Gasteiger partial charge in [0.2, 0.25) is 0 Å². The van der Waals surface area contributed by atoms with Gasteiger partial charge >= 0.3 is 0 Å². The fourth-order valence-electron chi connectivity index (χ4n) is 4.06. The number of hydrogen-bond donors (Lipinski definition) is 4. The molecule has 1 aliphatic rings. The lowest BCUT2D eigenvalue weighted by Crippen LogP contribution is -2.45. The number of anilines is 2. The molecule has 2 atom stereocenters. The Kier molecular flexibility index (Phi) is 7.40. The quantitative estimate of drug-likeness (QED) is 0.318. The molecule has 4 rings (SSSR count). The van der Waals surface area contributed by atoms with E-state index >= 15 is 0 Å². The third kappa shape index (κ3) is 6.63. The van der Waals surface area contributed by atoms with Crippen molar-refractivity contribution < 1.29 is 14.7 Å². The van der Waals surface area contributed by atoms with E-state index in [1.54, 1.807) is 60.7 Å². The number of rotatable bonds is 4. The van der Waals surface area contributed by atoms with E-state index in [0.717, 1.165) is 18.4 Å². The number of aliphatic hydroxyl groups is 1. The number of benzene rings is 3. The maximum absolute atomic E-state index is 12.8. The predicted molar refractivity (Wildman–Crippen MR) is 138 cm³/mol. The van der Waals surface area contributed by atoms with Crippen LogP contribution in [0.2, 0.25) is 5.02 Å². The summed E-state index contributed by atoms with van der Waals surface area (Å²) >= 11 is 6.00. The summed E-state index contributed by atoms with van der Waals surface area (Å²) in [6.45, 7) is 0. The van der Waals surface area contributed by atoms with Crippen LogP contribution < -0.4 is 16.4 Å². The smallest absolute Gasteiger partial charge is 0.255 e. The van der Waals surface area contributed by atoms with Crippen molar-refractivity contribution in [2.24, 2.45) is 0 Å². The Labute approximate surface area is 209 Å². The van der Waals surface area contributed by atoms with Gasteiger partial charge < -0.3 is 21.5 Å². The minimum Gasteiger partial charge on any atom is -0.399 e. The molecule has 1 saturated carbocycles. The molecule has 1 fully saturated rings. The van der Waals surface area contributed by atoms with Gasteiger partial charge in [-0.05, 0) is 86.0 Å². The lowest BCUT2D eigenvalue weighted by molar-refractivity contribution is 0.0452. The van der Waals surface area contributed by atoms with Crippen molar-refractivity contribution in [1.29, 1.82) is 0 Å². The first-order chi connectivity index (χ1) is 16.8. The van der Waals surface area contributed by atoms with Gasteiger partial charge in [0.25, 0.3) is 11.8 Å². The van der Waals surface area contributed by atoms with Crippen LogP contribution in [0.4, 0.5) is 11.4 Å². The molecule has 0 saturated heterocycles. The molecule has 0 spiro atoms. The molecule has 5 N–H and O–H groups in total. The number of hydrogen-bond acceptors (Lipinski definition) is 4. The molecular weight excluding hydrogens is 462 g/mol. The molecular formula is C28H26ClN3O3. The zero-order valence-electron chi connectivity index (χ0n) is 19.1. The third-order valence-corrected chi connectivity index (χ3v) is 6.14. The van der Waals surface area contributed by atoms with Crippen LogP contribution in [0.5, 0.6) is 0 Å². The van der Waals surface area contributed by atoms with E-state index in [-0.39, 0.29) is 17.9 Å². The van der Waals surface area contributed by atoms with E-state index in [1.807, 2.05) is 12.1 Å². The van der Waals surface area contributed by atoms with Crippen molar-refractivity contribution in [3.8, 4) is 11.8 Å². The summed E-state index contributed by atoms with van der Waals surface area (Å²) in [7, 11) is 0. The van der Waals surface area contributed by atoms with Crippen LogP contribution in [-0.2, 0) is 0 Å². The number of nitrogen functional groups attached to an aromatic ring is 1. The van der Waals surface area contributed by atoms with Gasteiger partial charge in [0.05, 0.1) is 0 Å². The van der Waals surface area contributed by atoms with Crippen molar-refractivity contribution in [2.45, 2.75) is 37.3 Å². The van der Waals surface area contributed by atoms with Crippen LogP contribution in [0.15, 0.2) is 72.8 Å². The molecule has 1 unspecified atom stereocenters. The molecule has 35 heavy (non-hydrogen) atoms. The Hall–Kier alpha value is -3.79. The topological polar surface area (TPSA) is 104 Å². The summed E-state index contributed by atoms with van der Waals surface area (Å²) in [5.41, 5.74) is 7.34. The summed E-state index contributed by atoms with van der Waals surface area (Å²) in [5, 5.41) is 17.4. The van der Waals surface area contributed by atoms with Gasteiger partial charge in [0.15, 0.2) is 0 Å². The Morgan fingerprint density at radius 1 is 1.00 bits per heavy atom. The minimum absolute atomic E-state index is 0.195. The van der Waals surface area contributed by atoms with Crippen molar-refractivity contribution >= 4 is 34.8 Å². The summed E-state index contributed by atoms with van der Waals surface area (Å²) < 4.78 is 0. The van der Waals surface area contributed by atoms with E-state index in [0.29, 0.717) is 40.4 Å². The summed E-state index contributed by atoms with van der Waals surface area (Å²) in [5.74, 6) is 5.48. The van der Waals surface area contributed by atoms with Gasteiger partial charge in [-0.15, -0.1) is 0 Å². The molecule has 3 aromatic rings. The van der Waals surface area contributed by atoms with Gasteiger partial charge in [-0.25, -0.2) is 0 Å². The highest BCUT2D eigenvalue weighted by molar-refractivity contribution is 6.30. The fraction of sp³-hybridized carbons (Fsp3) is 0.214. The Bertz CT molecular complexity index is 1280. The van der Waals surface area contributed by atoms with Gasteiger partial charge in [0, 0.05) is 45.6 Å². The van der Waals surface area contributed by atoms with Crippen LogP contribution in [0.3, 0.4) is 0 Å². The van der Waals surface area contributed by atoms with Gasteiger partial charge in [0.1, 0.15) is 5.60 Å². The third-order valence-electron chi connectivity index (χ3n) is 5.90. The summed E-state index contributed by atoms with van der Waals surface area (Å²) in [6.07, 6.45) is 2.42. The molecule has 0 aromatic heterocycles. The van der Waals surface area contributed by atoms with Crippen molar-refractivity contribution in [2.75, 3.05) is 11.1 Å². The van der Waals surface area contributed by atoms with E-state index in [9.17, 15) is 14.7 Å². The molecule has 0 heterocycles. The van der Waals surface area contributed by atoms with Gasteiger partial charge in [-0.1, -0.05) is 29.5 Å². The SMILES string of the molecule is Nc1ccc(C(=O)Nc2ccc(C(=O)N[C@@H]3CCCC(O)(C#Cc4cccc(Cl)c4)C3)cc2)cc1. The minimum atomic E-state index is -1.17. The number of nitrogens with one attached hydrogen (secondary N) is 2. The number of halogens is 1. The first kappa shape index (κ1) is 24.3. The normalized spacial score (nSPS) is 19.2. The molecule has 178 valence electrons. The predicted octanol–water partition coefficient (Wildman–Crippen LogP) is 4.63. The van der Waals surface area contributed by atoms with E-state index < -0.39 is 5.60 Å². The largest absolute Gasteiger partial charge is 0.399 e. The van der Waals surface area contributed by atoms with Crippen molar-refractivity contribution in [3.05, 3.63) is 94.5 Å². The van der Waals surface area contributed by atoms with Gasteiger partial charge in [-0.3, -0.25) is 9.59 Å². The lowest BCUT2D eigenvalue weighted by atomic mass is 9.82. The lowest BCUT2D eigenvalue weighted by Gasteiger charge is -2.33. The van der Waals surface area contributed by atoms with Crippen LogP contribution in [-0.4, -0.2) is 28.6 Å². The molecule has 3 aromatic carbocycles. The highest BCUT2D eigenvalue weighted by Crippen LogP contribution is 2.28. The molecule has 1 aliphatic carbocycles. The Morgan fingerprint density at radius 2 is 1.69 bits per heavy atom. The number of nitrogens with two attached hydrogens (primary N) is 1. The maximum Gasteiger partial charge on any atom is 0.255 e. The number of amides is 2. The summed E-state index contributed by atoms with van der Waals surface area (Å²) in [4.78, 5) is 25.1. The van der Waals surface area contributed by atoms with E-state index in [4.69, 9.17) is 17.3 Å². The van der Waals surface area contributed by atoms with Gasteiger partial charge in [-0.2, -0.15) is 0 Å². The second-order valence-electron chi connectivity index (χ2n) is 8.71. The second kappa shape index (κ2) is 10.6. The van der Waals surface area contributed by atoms with Crippen LogP contribution in [0.1, 0.15) is 52.0 Å². The Balaban J connectivity index is 1.35. The highest BCUT2D eigenvalue weighted by atomic mass is 35.5. The summed E-state index contributed by atoms with van der Waals surface area (Å²) in [6, 6.07) is 20.3. The standard InChI is InChI=1S/C28H26ClN3O3/c29-22-4-1-3-19(17-22)14-16-28(35)15-2-5-25(18-28)32-27(34)21-8-12-24(13-9-21)31-26(33)20-6-10-23(30)11-7-20/h1,3-4,6-13,17,25,35H,2,5,15,18,30H2,(H,31,33)(H,32,34)/t25-,28?/m1/s1. The van der Waals surface area contributed by atoms with Crippen LogP contribution in [0, 0.1) is 11.8 Å². The molecule has 2 amide bonds. The number of carbonyl (C=O) groups excluding carboxylic acids is 2. The maximum atomic E-state index is 12.8.